The van der Waals surface area contributed by atoms with Crippen LogP contribution in [0.5, 0.6) is 11.5 Å². The zero-order valence-electron chi connectivity index (χ0n) is 16.4. The summed E-state index contributed by atoms with van der Waals surface area (Å²) in [6.45, 7) is 2.75. The maximum Gasteiger partial charge on any atom is 0.269 e. The van der Waals surface area contributed by atoms with Gasteiger partial charge in [0, 0.05) is 36.2 Å². The fourth-order valence-corrected chi connectivity index (χ4v) is 3.29. The molecule has 0 aliphatic carbocycles. The van der Waals surface area contributed by atoms with E-state index in [2.05, 4.69) is 22.4 Å². The van der Waals surface area contributed by atoms with Crippen molar-refractivity contribution < 1.29 is 19.2 Å². The number of nitrogens with one attached hydrogen (secondary N) is 1. The maximum absolute atomic E-state index is 12.6. The Kier molecular flexibility index (Phi) is 5.42. The van der Waals surface area contributed by atoms with Gasteiger partial charge in [-0.2, -0.15) is 0 Å². The van der Waals surface area contributed by atoms with Crippen LogP contribution in [0.3, 0.4) is 0 Å². The van der Waals surface area contributed by atoms with Crippen molar-refractivity contribution in [2.45, 2.75) is 26.2 Å². The molecule has 0 unspecified atom stereocenters. The van der Waals surface area contributed by atoms with E-state index in [-0.39, 0.29) is 24.8 Å². The molecule has 0 fully saturated rings. The van der Waals surface area contributed by atoms with Crippen molar-refractivity contribution >= 4 is 23.0 Å². The molecule has 30 heavy (non-hydrogen) atoms. The quantitative estimate of drug-likeness (QED) is 0.448. The number of non-ortho nitro benzene ring substituents is 1. The molecule has 2 heterocycles. The van der Waals surface area contributed by atoms with Gasteiger partial charge in [0.2, 0.25) is 6.79 Å². The summed E-state index contributed by atoms with van der Waals surface area (Å²) in [4.78, 5) is 23.1. The topological polar surface area (TPSA) is 115 Å². The van der Waals surface area contributed by atoms with Crippen molar-refractivity contribution in [3.8, 4) is 11.5 Å². The number of unbranched alkanes of at least 4 members (excludes halogenated alkanes) is 1. The number of nitro groups is 1. The predicted molar refractivity (Wildman–Crippen MR) is 110 cm³/mol. The Hall–Kier alpha value is -3.75. The Morgan fingerprint density at radius 2 is 1.90 bits per heavy atom. The predicted octanol–water partition coefficient (Wildman–Crippen LogP) is 2.99. The summed E-state index contributed by atoms with van der Waals surface area (Å²) < 4.78 is 11.0. The highest BCUT2D eigenvalue weighted by molar-refractivity contribution is 6.40. The number of fused-ring (bicyclic) bond motifs is 2. The number of rotatable bonds is 6. The molecule has 2 aliphatic heterocycles. The normalized spacial score (nSPS) is 14.3. The van der Waals surface area contributed by atoms with Crippen LogP contribution in [0.2, 0.25) is 0 Å². The van der Waals surface area contributed by atoms with Crippen molar-refractivity contribution in [1.82, 2.24) is 5.32 Å². The highest BCUT2D eigenvalue weighted by Gasteiger charge is 2.25. The lowest BCUT2D eigenvalue weighted by Crippen LogP contribution is -2.32. The second-order valence-corrected chi connectivity index (χ2v) is 6.95. The molecule has 154 valence electrons. The van der Waals surface area contributed by atoms with E-state index >= 15 is 0 Å². The van der Waals surface area contributed by atoms with Crippen molar-refractivity contribution in [3.05, 3.63) is 63.2 Å². The molecule has 4 rings (SSSR count). The highest BCUT2D eigenvalue weighted by atomic mass is 16.7. The Morgan fingerprint density at radius 3 is 2.60 bits per heavy atom. The summed E-state index contributed by atoms with van der Waals surface area (Å²) in [6, 6.07) is 9.71. The zero-order valence-corrected chi connectivity index (χ0v) is 16.4. The van der Waals surface area contributed by atoms with Gasteiger partial charge in [-0.3, -0.25) is 14.9 Å². The second-order valence-electron chi connectivity index (χ2n) is 6.95. The maximum atomic E-state index is 12.6. The second kappa shape index (κ2) is 8.32. The van der Waals surface area contributed by atoms with E-state index in [0.717, 1.165) is 24.0 Å². The molecule has 0 bridgehead atoms. The monoisotopic (exact) mass is 408 g/mol. The number of carbonyl (C=O) groups is 1. The van der Waals surface area contributed by atoms with Crippen LogP contribution in [0.1, 0.15) is 36.5 Å². The highest BCUT2D eigenvalue weighted by Crippen LogP contribution is 2.36. The minimum atomic E-state index is -0.457. The van der Waals surface area contributed by atoms with Crippen LogP contribution < -0.4 is 14.8 Å². The van der Waals surface area contributed by atoms with Gasteiger partial charge in [-0.1, -0.05) is 13.3 Å². The molecule has 1 amide bonds. The number of hydrogen-bond acceptors (Lipinski definition) is 7. The number of hydrogen-bond donors (Lipinski definition) is 1. The van der Waals surface area contributed by atoms with E-state index < -0.39 is 4.92 Å². The van der Waals surface area contributed by atoms with Crippen LogP contribution in [-0.4, -0.2) is 35.6 Å². The Labute approximate surface area is 172 Å². The number of amides is 1. The molecule has 1 N–H and O–H groups in total. The first-order chi connectivity index (χ1) is 14.6. The van der Waals surface area contributed by atoms with Gasteiger partial charge in [0.15, 0.2) is 11.5 Å². The van der Waals surface area contributed by atoms with Crippen molar-refractivity contribution in [3.63, 3.8) is 0 Å². The zero-order chi connectivity index (χ0) is 21.1. The number of benzene rings is 2. The molecule has 2 aromatic rings. The molecule has 2 aliphatic rings. The van der Waals surface area contributed by atoms with Crippen LogP contribution in [0.4, 0.5) is 5.69 Å². The van der Waals surface area contributed by atoms with E-state index in [0.29, 0.717) is 35.0 Å². The van der Waals surface area contributed by atoms with Crippen LogP contribution in [-0.2, 0) is 11.2 Å². The first-order valence-electron chi connectivity index (χ1n) is 9.67. The molecule has 2 aromatic carbocycles. The Bertz CT molecular complexity index is 1060. The third-order valence-electron chi connectivity index (χ3n) is 4.91. The number of nitro benzene ring substituents is 1. The number of ether oxygens (including phenoxy) is 2. The Balaban J connectivity index is 1.75. The van der Waals surface area contributed by atoms with E-state index in [1.54, 1.807) is 12.1 Å². The van der Waals surface area contributed by atoms with E-state index in [1.165, 1.54) is 12.1 Å². The molecule has 9 heteroatoms. The molecule has 0 aromatic heterocycles. The minimum absolute atomic E-state index is 0.0154. The fraction of sp³-hybridized carbons (Fsp3) is 0.286. The van der Waals surface area contributed by atoms with Gasteiger partial charge in [-0.05, 0) is 36.2 Å². The minimum Gasteiger partial charge on any atom is -0.454 e. The van der Waals surface area contributed by atoms with E-state index in [9.17, 15) is 14.9 Å². The van der Waals surface area contributed by atoms with Gasteiger partial charge in [0.1, 0.15) is 11.4 Å². The SMILES string of the molecule is CCCCNC(=O)C1=NN=C(c2ccc([N+](=O)[O-])cc2)c2cc3c(cc2C1)OCO3. The summed E-state index contributed by atoms with van der Waals surface area (Å²) in [5.41, 5.74) is 3.00. The van der Waals surface area contributed by atoms with E-state index in [4.69, 9.17) is 9.47 Å². The van der Waals surface area contributed by atoms with Gasteiger partial charge in [0.05, 0.1) is 4.92 Å². The van der Waals surface area contributed by atoms with Gasteiger partial charge in [-0.25, -0.2) is 0 Å². The standard InChI is InChI=1S/C21H20N4O5/c1-2-3-8-22-21(26)17-9-14-10-18-19(30-12-29-18)11-16(14)20(24-23-17)13-4-6-15(7-5-13)25(27)28/h4-7,10-11H,2-3,8-9,12H2,1H3,(H,22,26). The Morgan fingerprint density at radius 1 is 1.17 bits per heavy atom. The molecule has 9 nitrogen and oxygen atoms in total. The summed E-state index contributed by atoms with van der Waals surface area (Å²) in [6.07, 6.45) is 2.14. The fourth-order valence-electron chi connectivity index (χ4n) is 3.29. The van der Waals surface area contributed by atoms with Crippen molar-refractivity contribution in [2.75, 3.05) is 13.3 Å². The summed E-state index contributed by atoms with van der Waals surface area (Å²) >= 11 is 0. The molecule has 0 saturated carbocycles. The third kappa shape index (κ3) is 3.86. The van der Waals surface area contributed by atoms with Gasteiger partial charge in [-0.15, -0.1) is 10.2 Å². The summed E-state index contributed by atoms with van der Waals surface area (Å²) in [5.74, 6) is 0.921. The molecule has 0 saturated heterocycles. The molecule has 0 atom stereocenters. The van der Waals surface area contributed by atoms with Crippen LogP contribution in [0.25, 0.3) is 0 Å². The first-order valence-corrected chi connectivity index (χ1v) is 9.67. The van der Waals surface area contributed by atoms with Crippen molar-refractivity contribution in [1.29, 1.82) is 0 Å². The summed E-state index contributed by atoms with van der Waals surface area (Å²) in [7, 11) is 0. The average molecular weight is 408 g/mol. The largest absolute Gasteiger partial charge is 0.454 e. The first kappa shape index (κ1) is 19.6. The lowest BCUT2D eigenvalue weighted by molar-refractivity contribution is -0.384. The third-order valence-corrected chi connectivity index (χ3v) is 4.91. The number of carbonyl (C=O) groups excluding carboxylic acids is 1. The summed E-state index contributed by atoms with van der Waals surface area (Å²) in [5, 5.41) is 22.4. The molecule has 0 radical (unpaired) electrons. The van der Waals surface area contributed by atoms with Gasteiger partial charge < -0.3 is 14.8 Å². The number of nitrogens with zero attached hydrogens (tertiary/aromatic N) is 3. The average Bonchev–Trinajstić information content (AvgIpc) is 3.12. The van der Waals surface area contributed by atoms with Gasteiger partial charge in [0.25, 0.3) is 11.6 Å². The van der Waals surface area contributed by atoms with Gasteiger partial charge >= 0.3 is 0 Å². The van der Waals surface area contributed by atoms with Crippen LogP contribution in [0.15, 0.2) is 46.6 Å². The lowest BCUT2D eigenvalue weighted by atomic mass is 9.94. The van der Waals surface area contributed by atoms with Crippen LogP contribution in [0, 0.1) is 10.1 Å². The molecular weight excluding hydrogens is 388 g/mol. The van der Waals surface area contributed by atoms with Crippen molar-refractivity contribution in [2.24, 2.45) is 10.2 Å². The molecular formula is C21H20N4O5. The smallest absolute Gasteiger partial charge is 0.269 e. The lowest BCUT2D eigenvalue weighted by Gasteiger charge is -2.11. The van der Waals surface area contributed by atoms with Crippen LogP contribution >= 0.6 is 0 Å². The molecule has 0 spiro atoms. The van der Waals surface area contributed by atoms with E-state index in [1.807, 2.05) is 12.1 Å².